The lowest BCUT2D eigenvalue weighted by molar-refractivity contribution is -0.151. The Balaban J connectivity index is 1.73. The quantitative estimate of drug-likeness (QED) is 0.265. The van der Waals surface area contributed by atoms with Crippen LogP contribution in [-0.2, 0) is 33.9 Å². The van der Waals surface area contributed by atoms with Gasteiger partial charge in [0.1, 0.15) is 23.2 Å². The van der Waals surface area contributed by atoms with Gasteiger partial charge in [0.05, 0.1) is 19.8 Å². The van der Waals surface area contributed by atoms with E-state index < -0.39 is 51.2 Å². The number of nitrogens with zero attached hydrogens (tertiary/aromatic N) is 1. The lowest BCUT2D eigenvalue weighted by atomic mass is 10.00. The van der Waals surface area contributed by atoms with E-state index in [9.17, 15) is 32.7 Å². The van der Waals surface area contributed by atoms with Crippen LogP contribution in [0, 0.1) is 0 Å². The number of nitrogens with two attached hydrogens (primary N) is 1. The SMILES string of the molecule is COC(=O)CC1=C(C(=O)O)N2C(=O)[C@@H](NC(=O)[C@H](N)c3cccc(NS(C)(=O)=O)c3)[C@H]2SC1. The molecule has 2 aliphatic rings. The molecule has 0 spiro atoms. The van der Waals surface area contributed by atoms with Crippen LogP contribution < -0.4 is 15.8 Å². The first-order valence-electron chi connectivity index (χ1n) is 9.53. The van der Waals surface area contributed by atoms with Gasteiger partial charge in [-0.25, -0.2) is 13.2 Å². The highest BCUT2D eigenvalue weighted by Crippen LogP contribution is 2.41. The van der Waals surface area contributed by atoms with Crippen LogP contribution in [0.5, 0.6) is 0 Å². The molecule has 2 amide bonds. The highest BCUT2D eigenvalue weighted by molar-refractivity contribution is 8.00. The van der Waals surface area contributed by atoms with Gasteiger partial charge in [0, 0.05) is 11.4 Å². The second kappa shape index (κ2) is 9.41. The number of carboxylic acid groups (broad SMARTS) is 1. The van der Waals surface area contributed by atoms with Crippen LogP contribution >= 0.6 is 11.8 Å². The Bertz CT molecular complexity index is 1150. The minimum absolute atomic E-state index is 0.169. The maximum absolute atomic E-state index is 12.7. The zero-order valence-corrected chi connectivity index (χ0v) is 19.2. The van der Waals surface area contributed by atoms with E-state index in [4.69, 9.17) is 5.73 Å². The molecule has 178 valence electrons. The maximum Gasteiger partial charge on any atom is 0.352 e. The van der Waals surface area contributed by atoms with Crippen LogP contribution in [0.15, 0.2) is 35.5 Å². The van der Waals surface area contributed by atoms with E-state index >= 15 is 0 Å². The molecule has 14 heteroatoms. The van der Waals surface area contributed by atoms with Crippen molar-refractivity contribution in [3.63, 3.8) is 0 Å². The number of sulfonamides is 1. The normalized spacial score (nSPS) is 20.9. The molecule has 1 saturated heterocycles. The number of ether oxygens (including phenoxy) is 1. The Hall–Kier alpha value is -3.10. The van der Waals surface area contributed by atoms with Gasteiger partial charge in [-0.1, -0.05) is 12.1 Å². The number of methoxy groups -OCH3 is 1. The number of carbonyl (C=O) groups excluding carboxylic acids is 3. The molecule has 3 rings (SSSR count). The summed E-state index contributed by atoms with van der Waals surface area (Å²) in [5.41, 5.74) is 6.50. The van der Waals surface area contributed by atoms with Gasteiger partial charge in [0.2, 0.25) is 15.9 Å². The Labute approximate surface area is 193 Å². The molecule has 0 unspecified atom stereocenters. The van der Waals surface area contributed by atoms with Crippen LogP contribution in [0.4, 0.5) is 5.69 Å². The Morgan fingerprint density at radius 3 is 2.67 bits per heavy atom. The van der Waals surface area contributed by atoms with Crippen molar-refractivity contribution in [3.8, 4) is 0 Å². The number of esters is 1. The molecule has 2 aliphatic heterocycles. The minimum atomic E-state index is -3.53. The average Bonchev–Trinajstić information content (AvgIpc) is 2.75. The number of rotatable bonds is 8. The fourth-order valence-corrected chi connectivity index (χ4v) is 5.37. The molecule has 5 N–H and O–H groups in total. The molecule has 2 heterocycles. The van der Waals surface area contributed by atoms with Crippen molar-refractivity contribution in [2.45, 2.75) is 23.9 Å². The Morgan fingerprint density at radius 2 is 2.06 bits per heavy atom. The molecule has 1 fully saturated rings. The number of β-lactam (4-membered cyclic amide) rings is 1. The number of hydrogen-bond acceptors (Lipinski definition) is 9. The monoisotopic (exact) mass is 498 g/mol. The Kier molecular flexibility index (Phi) is 7.00. The van der Waals surface area contributed by atoms with Crippen molar-refractivity contribution < 1.29 is 37.4 Å². The number of anilines is 1. The van der Waals surface area contributed by atoms with E-state index in [1.165, 1.54) is 43.1 Å². The molecule has 3 atom stereocenters. The number of aliphatic carboxylic acids is 1. The van der Waals surface area contributed by atoms with Gasteiger partial charge in [0.25, 0.3) is 5.91 Å². The van der Waals surface area contributed by atoms with E-state index in [0.717, 1.165) is 11.2 Å². The summed E-state index contributed by atoms with van der Waals surface area (Å²) in [7, 11) is -2.35. The highest BCUT2D eigenvalue weighted by Gasteiger charge is 2.54. The third-order valence-corrected chi connectivity index (χ3v) is 6.91. The van der Waals surface area contributed by atoms with Crippen molar-refractivity contribution in [1.82, 2.24) is 10.2 Å². The van der Waals surface area contributed by atoms with E-state index in [2.05, 4.69) is 14.8 Å². The highest BCUT2D eigenvalue weighted by atomic mass is 32.2. The predicted octanol–water partition coefficient (Wildman–Crippen LogP) is -0.640. The number of thioether (sulfide) groups is 1. The zero-order valence-electron chi connectivity index (χ0n) is 17.6. The first kappa shape index (κ1) is 24.5. The molecule has 0 aromatic heterocycles. The molecular formula is C19H22N4O8S2. The second-order valence-electron chi connectivity index (χ2n) is 7.38. The number of carboxylic acids is 1. The van der Waals surface area contributed by atoms with E-state index in [0.29, 0.717) is 5.56 Å². The summed E-state index contributed by atoms with van der Waals surface area (Å²) >= 11 is 1.21. The van der Waals surface area contributed by atoms with Crippen LogP contribution in [0.3, 0.4) is 0 Å². The summed E-state index contributed by atoms with van der Waals surface area (Å²) < 4.78 is 29.7. The summed E-state index contributed by atoms with van der Waals surface area (Å²) in [4.78, 5) is 49.7. The summed E-state index contributed by atoms with van der Waals surface area (Å²) in [6.45, 7) is 0. The summed E-state index contributed by atoms with van der Waals surface area (Å²) in [5, 5.41) is 11.4. The molecule has 0 bridgehead atoms. The topological polar surface area (TPSA) is 185 Å². The van der Waals surface area contributed by atoms with Crippen LogP contribution in [-0.4, -0.2) is 72.7 Å². The standard InChI is InChI=1S/C19H22N4O8S2/c1-31-12(24)7-10-8-32-18-14(17(26)23(18)15(10)19(27)28)21-16(25)13(20)9-4-3-5-11(6-9)22-33(2,29)30/h3-6,13-14,18,22H,7-8,20H2,1-2H3,(H,21,25)(H,27,28)/t13-,14-,18-/m1/s1. The molecule has 1 aromatic rings. The number of hydrogen-bond donors (Lipinski definition) is 4. The number of carbonyl (C=O) groups is 4. The van der Waals surface area contributed by atoms with Gasteiger partial charge in [-0.3, -0.25) is 24.0 Å². The predicted molar refractivity (Wildman–Crippen MR) is 118 cm³/mol. The maximum atomic E-state index is 12.7. The lowest BCUT2D eigenvalue weighted by Crippen LogP contribution is -2.71. The molecule has 0 radical (unpaired) electrons. The molecular weight excluding hydrogens is 476 g/mol. The number of nitrogens with one attached hydrogen (secondary N) is 2. The van der Waals surface area contributed by atoms with Crippen molar-refractivity contribution in [1.29, 1.82) is 0 Å². The zero-order chi connectivity index (χ0) is 24.5. The van der Waals surface area contributed by atoms with E-state index in [1.807, 2.05) is 0 Å². The third kappa shape index (κ3) is 5.29. The number of amides is 2. The van der Waals surface area contributed by atoms with Crippen molar-refractivity contribution >= 4 is 51.2 Å². The van der Waals surface area contributed by atoms with E-state index in [-0.39, 0.29) is 29.1 Å². The first-order valence-corrected chi connectivity index (χ1v) is 12.5. The van der Waals surface area contributed by atoms with Crippen molar-refractivity contribution in [3.05, 3.63) is 41.1 Å². The lowest BCUT2D eigenvalue weighted by Gasteiger charge is -2.49. The van der Waals surface area contributed by atoms with Crippen molar-refractivity contribution in [2.75, 3.05) is 23.8 Å². The van der Waals surface area contributed by atoms with Crippen LogP contribution in [0.25, 0.3) is 0 Å². The molecule has 33 heavy (non-hydrogen) atoms. The van der Waals surface area contributed by atoms with Gasteiger partial charge in [-0.2, -0.15) is 0 Å². The average molecular weight is 499 g/mol. The molecule has 0 aliphatic carbocycles. The minimum Gasteiger partial charge on any atom is -0.477 e. The van der Waals surface area contributed by atoms with Crippen LogP contribution in [0.1, 0.15) is 18.0 Å². The third-order valence-electron chi connectivity index (χ3n) is 4.96. The molecule has 0 saturated carbocycles. The second-order valence-corrected chi connectivity index (χ2v) is 10.2. The van der Waals surface area contributed by atoms with Gasteiger partial charge in [-0.05, 0) is 23.3 Å². The molecule has 12 nitrogen and oxygen atoms in total. The summed E-state index contributed by atoms with van der Waals surface area (Å²) in [6, 6.07) is 3.75. The van der Waals surface area contributed by atoms with E-state index in [1.54, 1.807) is 0 Å². The first-order chi connectivity index (χ1) is 15.4. The fourth-order valence-electron chi connectivity index (χ4n) is 3.47. The number of benzene rings is 1. The fraction of sp³-hybridized carbons (Fsp3) is 0.368. The van der Waals surface area contributed by atoms with Crippen LogP contribution in [0.2, 0.25) is 0 Å². The van der Waals surface area contributed by atoms with Gasteiger partial charge in [0.15, 0.2) is 0 Å². The van der Waals surface area contributed by atoms with Gasteiger partial charge in [-0.15, -0.1) is 11.8 Å². The largest absolute Gasteiger partial charge is 0.477 e. The summed E-state index contributed by atoms with van der Waals surface area (Å²) in [6.07, 6.45) is 0.722. The Morgan fingerprint density at radius 1 is 1.36 bits per heavy atom. The van der Waals surface area contributed by atoms with Crippen molar-refractivity contribution in [2.24, 2.45) is 5.73 Å². The van der Waals surface area contributed by atoms with Gasteiger partial charge < -0.3 is 20.9 Å². The smallest absolute Gasteiger partial charge is 0.352 e. The summed E-state index contributed by atoms with van der Waals surface area (Å²) in [5.74, 6) is -3.14. The van der Waals surface area contributed by atoms with Gasteiger partial charge >= 0.3 is 11.9 Å². The number of fused-ring (bicyclic) bond motifs is 1. The molecule has 1 aromatic carbocycles.